The fourth-order valence-corrected chi connectivity index (χ4v) is 0.961. The molecule has 2 heteroatoms. The van der Waals surface area contributed by atoms with E-state index in [0.29, 0.717) is 0 Å². The van der Waals surface area contributed by atoms with E-state index >= 15 is 0 Å². The molecule has 48 valence electrons. The molecule has 0 aliphatic heterocycles. The van der Waals surface area contributed by atoms with Gasteiger partial charge < -0.3 is 4.52 Å². The van der Waals surface area contributed by atoms with Crippen molar-refractivity contribution in [1.29, 1.82) is 0 Å². The van der Waals surface area contributed by atoms with E-state index in [-0.39, 0.29) is 0 Å². The van der Waals surface area contributed by atoms with Crippen LogP contribution in [0.5, 0.6) is 0 Å². The van der Waals surface area contributed by atoms with Gasteiger partial charge in [0.05, 0.1) is 5.69 Å². The third-order valence-electron chi connectivity index (χ3n) is 1.69. The van der Waals surface area contributed by atoms with Gasteiger partial charge in [0.1, 0.15) is 6.26 Å². The first-order chi connectivity index (χ1) is 4.45. The third kappa shape index (κ3) is 1.12. The zero-order chi connectivity index (χ0) is 6.10. The van der Waals surface area contributed by atoms with Crippen molar-refractivity contribution in [1.82, 2.24) is 5.16 Å². The summed E-state index contributed by atoms with van der Waals surface area (Å²) >= 11 is 0. The predicted molar refractivity (Wildman–Crippen MR) is 32.9 cm³/mol. The van der Waals surface area contributed by atoms with Crippen molar-refractivity contribution in [2.24, 2.45) is 5.92 Å². The van der Waals surface area contributed by atoms with Crippen LogP contribution >= 0.6 is 0 Å². The van der Waals surface area contributed by atoms with Gasteiger partial charge in [-0.3, -0.25) is 0 Å². The lowest BCUT2D eigenvalue weighted by Crippen LogP contribution is -1.84. The molecule has 2 nitrogen and oxygen atoms in total. The van der Waals surface area contributed by atoms with Gasteiger partial charge in [-0.05, 0) is 25.2 Å². The molecule has 0 amide bonds. The van der Waals surface area contributed by atoms with Crippen LogP contribution in [0.25, 0.3) is 0 Å². The Morgan fingerprint density at radius 2 is 2.56 bits per heavy atom. The summed E-state index contributed by atoms with van der Waals surface area (Å²) in [4.78, 5) is 0. The fraction of sp³-hybridized carbons (Fsp3) is 0.571. The van der Waals surface area contributed by atoms with Crippen LogP contribution in [0.15, 0.2) is 16.9 Å². The van der Waals surface area contributed by atoms with Gasteiger partial charge in [0.25, 0.3) is 0 Å². The molecule has 0 spiro atoms. The van der Waals surface area contributed by atoms with Crippen LogP contribution < -0.4 is 0 Å². The molecule has 2 rings (SSSR count). The van der Waals surface area contributed by atoms with Crippen molar-refractivity contribution in [3.05, 3.63) is 18.0 Å². The molecule has 1 fully saturated rings. The number of rotatable bonds is 2. The van der Waals surface area contributed by atoms with Crippen LogP contribution in [0.1, 0.15) is 18.5 Å². The summed E-state index contributed by atoms with van der Waals surface area (Å²) in [7, 11) is 0. The van der Waals surface area contributed by atoms with E-state index in [2.05, 4.69) is 5.16 Å². The maximum atomic E-state index is 4.69. The first-order valence-electron chi connectivity index (χ1n) is 3.34. The Kier molecular flexibility index (Phi) is 1.04. The van der Waals surface area contributed by atoms with Gasteiger partial charge in [0.2, 0.25) is 0 Å². The second kappa shape index (κ2) is 1.87. The molecular weight excluding hydrogens is 114 g/mol. The van der Waals surface area contributed by atoms with Crippen LogP contribution in [0.2, 0.25) is 0 Å². The minimum absolute atomic E-state index is 0.912. The van der Waals surface area contributed by atoms with Crippen molar-refractivity contribution in [3.63, 3.8) is 0 Å². The van der Waals surface area contributed by atoms with E-state index in [1.165, 1.54) is 12.8 Å². The van der Waals surface area contributed by atoms with Crippen molar-refractivity contribution >= 4 is 0 Å². The van der Waals surface area contributed by atoms with Gasteiger partial charge in [0.15, 0.2) is 0 Å². The first-order valence-corrected chi connectivity index (χ1v) is 3.34. The van der Waals surface area contributed by atoms with Crippen LogP contribution in [-0.4, -0.2) is 5.16 Å². The van der Waals surface area contributed by atoms with Crippen LogP contribution in [-0.2, 0) is 6.42 Å². The lowest BCUT2D eigenvalue weighted by molar-refractivity contribution is 0.410. The minimum Gasteiger partial charge on any atom is -0.365 e. The van der Waals surface area contributed by atoms with Gasteiger partial charge in [-0.2, -0.15) is 0 Å². The lowest BCUT2D eigenvalue weighted by atomic mass is 10.2. The molecular formula is C7H9NO. The Hall–Kier alpha value is -0.790. The maximum Gasteiger partial charge on any atom is 0.124 e. The molecule has 9 heavy (non-hydrogen) atoms. The summed E-state index contributed by atoms with van der Waals surface area (Å²) < 4.78 is 4.69. The van der Waals surface area contributed by atoms with E-state index in [9.17, 15) is 0 Å². The molecule has 1 heterocycles. The number of aromatic nitrogens is 1. The largest absolute Gasteiger partial charge is 0.365 e. The Morgan fingerprint density at radius 3 is 3.11 bits per heavy atom. The quantitative estimate of drug-likeness (QED) is 0.597. The van der Waals surface area contributed by atoms with Crippen LogP contribution in [0, 0.1) is 5.92 Å². The molecule has 0 aromatic carbocycles. The summed E-state index contributed by atoms with van der Waals surface area (Å²) in [6.07, 6.45) is 5.52. The van der Waals surface area contributed by atoms with Gasteiger partial charge in [-0.1, -0.05) is 5.16 Å². The molecule has 0 atom stereocenters. The molecule has 1 aliphatic carbocycles. The highest BCUT2D eigenvalue weighted by Crippen LogP contribution is 2.31. The number of hydrogen-bond acceptors (Lipinski definition) is 2. The lowest BCUT2D eigenvalue weighted by Gasteiger charge is -1.85. The molecule has 1 aromatic rings. The zero-order valence-corrected chi connectivity index (χ0v) is 5.21. The molecule has 1 saturated carbocycles. The first kappa shape index (κ1) is 5.03. The standard InChI is InChI=1S/C7H9NO/c1-2-6(1)5-7-3-4-9-8-7/h3-4,6H,1-2,5H2. The SMILES string of the molecule is c1cc(CC2CC2)no1. The minimum atomic E-state index is 0.912. The molecule has 0 unspecified atom stereocenters. The highest BCUT2D eigenvalue weighted by Gasteiger charge is 2.22. The highest BCUT2D eigenvalue weighted by molar-refractivity contribution is 4.99. The van der Waals surface area contributed by atoms with Crippen molar-refractivity contribution in [3.8, 4) is 0 Å². The maximum absolute atomic E-state index is 4.69. The Bertz CT molecular complexity index is 177. The number of hydrogen-bond donors (Lipinski definition) is 0. The Balaban J connectivity index is 1.99. The van der Waals surface area contributed by atoms with Crippen molar-refractivity contribution in [2.45, 2.75) is 19.3 Å². The van der Waals surface area contributed by atoms with Crippen molar-refractivity contribution < 1.29 is 4.52 Å². The molecule has 0 N–H and O–H groups in total. The average Bonchev–Trinajstić information content (AvgIpc) is 2.46. The predicted octanol–water partition coefficient (Wildman–Crippen LogP) is 1.63. The van der Waals surface area contributed by atoms with Gasteiger partial charge in [-0.25, -0.2) is 0 Å². The summed E-state index contributed by atoms with van der Waals surface area (Å²) in [6.45, 7) is 0. The normalized spacial score (nSPS) is 18.2. The molecule has 0 bridgehead atoms. The average molecular weight is 123 g/mol. The smallest absolute Gasteiger partial charge is 0.124 e. The van der Waals surface area contributed by atoms with Crippen molar-refractivity contribution in [2.75, 3.05) is 0 Å². The Morgan fingerprint density at radius 1 is 1.67 bits per heavy atom. The van der Waals surface area contributed by atoms with E-state index in [0.717, 1.165) is 18.0 Å². The van der Waals surface area contributed by atoms with Gasteiger partial charge in [-0.15, -0.1) is 0 Å². The van der Waals surface area contributed by atoms with Crippen LogP contribution in [0.4, 0.5) is 0 Å². The van der Waals surface area contributed by atoms with Gasteiger partial charge >= 0.3 is 0 Å². The number of nitrogens with zero attached hydrogens (tertiary/aromatic N) is 1. The molecule has 0 saturated heterocycles. The van der Waals surface area contributed by atoms with E-state index in [4.69, 9.17) is 4.52 Å². The second-order valence-electron chi connectivity index (χ2n) is 2.64. The Labute approximate surface area is 53.9 Å². The van der Waals surface area contributed by atoms with Gasteiger partial charge in [0, 0.05) is 6.07 Å². The van der Waals surface area contributed by atoms with E-state index in [1.54, 1.807) is 6.26 Å². The molecule has 1 aliphatic rings. The van der Waals surface area contributed by atoms with E-state index < -0.39 is 0 Å². The zero-order valence-electron chi connectivity index (χ0n) is 5.21. The summed E-state index contributed by atoms with van der Waals surface area (Å²) in [5.41, 5.74) is 1.11. The summed E-state index contributed by atoms with van der Waals surface area (Å²) in [5, 5.41) is 3.82. The van der Waals surface area contributed by atoms with Crippen LogP contribution in [0.3, 0.4) is 0 Å². The second-order valence-corrected chi connectivity index (χ2v) is 2.64. The highest BCUT2D eigenvalue weighted by atomic mass is 16.5. The third-order valence-corrected chi connectivity index (χ3v) is 1.69. The monoisotopic (exact) mass is 123 g/mol. The summed E-state index contributed by atoms with van der Waals surface area (Å²) in [6, 6.07) is 1.94. The molecule has 1 aromatic heterocycles. The van der Waals surface area contributed by atoms with E-state index in [1.807, 2.05) is 6.07 Å². The fourth-order valence-electron chi connectivity index (χ4n) is 0.961. The topological polar surface area (TPSA) is 26.0 Å². The summed E-state index contributed by atoms with van der Waals surface area (Å²) in [5.74, 6) is 0.912. The molecule has 0 radical (unpaired) electrons.